The van der Waals surface area contributed by atoms with Crippen LogP contribution in [0.2, 0.25) is 0 Å². The molecule has 1 aromatic heterocycles. The number of ether oxygens (including phenoxy) is 1. The summed E-state index contributed by atoms with van der Waals surface area (Å²) in [7, 11) is 0. The van der Waals surface area contributed by atoms with Gasteiger partial charge in [-0.3, -0.25) is 0 Å². The van der Waals surface area contributed by atoms with E-state index >= 15 is 0 Å². The number of halogens is 4. The molecule has 0 saturated heterocycles. The van der Waals surface area contributed by atoms with Crippen LogP contribution >= 0.6 is 11.6 Å². The fraction of sp³-hybridized carbons (Fsp3) is 0.231. The van der Waals surface area contributed by atoms with Gasteiger partial charge in [-0.05, 0) is 19.1 Å². The third kappa shape index (κ3) is 3.28. The predicted octanol–water partition coefficient (Wildman–Crippen LogP) is 3.69. The molecule has 0 spiro atoms. The molecule has 0 radical (unpaired) electrons. The van der Waals surface area contributed by atoms with Crippen LogP contribution in [0.4, 0.5) is 13.2 Å². The highest BCUT2D eigenvalue weighted by Crippen LogP contribution is 2.26. The number of aromatic nitrogens is 2. The van der Waals surface area contributed by atoms with Crippen LogP contribution in [0, 0.1) is 18.3 Å². The second-order valence-corrected chi connectivity index (χ2v) is 4.38. The van der Waals surface area contributed by atoms with Crippen molar-refractivity contribution >= 4 is 11.6 Å². The molecule has 0 unspecified atom stereocenters. The van der Waals surface area contributed by atoms with Crippen molar-refractivity contribution in [2.45, 2.75) is 19.2 Å². The van der Waals surface area contributed by atoms with Crippen molar-refractivity contribution in [1.29, 1.82) is 5.26 Å². The number of alkyl halides is 4. The van der Waals surface area contributed by atoms with Crippen LogP contribution in [0.25, 0.3) is 5.69 Å². The second kappa shape index (κ2) is 5.66. The van der Waals surface area contributed by atoms with Crippen LogP contribution < -0.4 is 4.74 Å². The van der Waals surface area contributed by atoms with Gasteiger partial charge in [-0.25, -0.2) is 4.68 Å². The second-order valence-electron chi connectivity index (χ2n) is 4.11. The summed E-state index contributed by atoms with van der Waals surface area (Å²) in [5, 5.41) is 13.2. The summed E-state index contributed by atoms with van der Waals surface area (Å²) in [6.07, 6.45) is -4.77. The summed E-state index contributed by atoms with van der Waals surface area (Å²) in [5.41, 5.74) is 1.51. The monoisotopic (exact) mass is 315 g/mol. The largest absolute Gasteiger partial charge is 0.573 e. The zero-order valence-electron chi connectivity index (χ0n) is 10.8. The molecule has 1 aromatic carbocycles. The standard InChI is InChI=1S/C13H9ClF3N3O/c1-8-11(7-18)12(6-14)20(19-8)9-3-2-4-10(5-9)21-13(15,16)17/h2-5H,6H2,1H3. The molecule has 2 rings (SSSR count). The highest BCUT2D eigenvalue weighted by atomic mass is 35.5. The molecule has 0 aliphatic heterocycles. The Morgan fingerprint density at radius 3 is 2.71 bits per heavy atom. The van der Waals surface area contributed by atoms with E-state index < -0.39 is 6.36 Å². The normalized spacial score (nSPS) is 11.2. The van der Waals surface area contributed by atoms with Crippen molar-refractivity contribution in [3.8, 4) is 17.5 Å². The van der Waals surface area contributed by atoms with Gasteiger partial charge in [0.05, 0.1) is 28.5 Å². The fourth-order valence-corrected chi connectivity index (χ4v) is 2.12. The van der Waals surface area contributed by atoms with Gasteiger partial charge < -0.3 is 4.74 Å². The van der Waals surface area contributed by atoms with E-state index in [1.807, 2.05) is 6.07 Å². The predicted molar refractivity (Wildman–Crippen MR) is 69.3 cm³/mol. The Morgan fingerprint density at radius 2 is 2.14 bits per heavy atom. The molecule has 0 fully saturated rings. The summed E-state index contributed by atoms with van der Waals surface area (Å²) in [4.78, 5) is 0. The Bertz CT molecular complexity index is 704. The molecule has 1 heterocycles. The molecule has 21 heavy (non-hydrogen) atoms. The van der Waals surface area contributed by atoms with Gasteiger partial charge in [0, 0.05) is 6.07 Å². The van der Waals surface area contributed by atoms with E-state index in [9.17, 15) is 13.2 Å². The van der Waals surface area contributed by atoms with Gasteiger partial charge in [0.15, 0.2) is 0 Å². The van der Waals surface area contributed by atoms with Gasteiger partial charge in [0.2, 0.25) is 0 Å². The van der Waals surface area contributed by atoms with Crippen LogP contribution in [-0.4, -0.2) is 16.1 Å². The summed E-state index contributed by atoms with van der Waals surface area (Å²) in [5.74, 6) is -0.360. The number of hydrogen-bond acceptors (Lipinski definition) is 3. The maximum absolute atomic E-state index is 12.2. The summed E-state index contributed by atoms with van der Waals surface area (Å²) < 4.78 is 41.9. The van der Waals surface area contributed by atoms with E-state index in [-0.39, 0.29) is 11.6 Å². The van der Waals surface area contributed by atoms with E-state index in [1.165, 1.54) is 22.9 Å². The molecule has 4 nitrogen and oxygen atoms in total. The van der Waals surface area contributed by atoms with Crippen molar-refractivity contribution < 1.29 is 17.9 Å². The van der Waals surface area contributed by atoms with Gasteiger partial charge >= 0.3 is 6.36 Å². The zero-order valence-corrected chi connectivity index (χ0v) is 11.5. The number of nitrogens with zero attached hydrogens (tertiary/aromatic N) is 3. The van der Waals surface area contributed by atoms with Crippen molar-refractivity contribution in [2.24, 2.45) is 0 Å². The van der Waals surface area contributed by atoms with E-state index in [4.69, 9.17) is 16.9 Å². The zero-order chi connectivity index (χ0) is 15.6. The van der Waals surface area contributed by atoms with Crippen LogP contribution in [0.3, 0.4) is 0 Å². The molecule has 0 atom stereocenters. The summed E-state index contributed by atoms with van der Waals surface area (Å²) >= 11 is 5.80. The minimum atomic E-state index is -4.77. The van der Waals surface area contributed by atoms with Gasteiger partial charge in [-0.2, -0.15) is 10.4 Å². The number of aryl methyl sites for hydroxylation is 1. The van der Waals surface area contributed by atoms with E-state index in [0.717, 1.165) is 0 Å². The van der Waals surface area contributed by atoms with Crippen molar-refractivity contribution in [2.75, 3.05) is 0 Å². The first-order valence-electron chi connectivity index (χ1n) is 5.76. The molecular weight excluding hydrogens is 307 g/mol. The summed E-state index contributed by atoms with van der Waals surface area (Å²) in [6, 6.07) is 7.28. The molecule has 110 valence electrons. The van der Waals surface area contributed by atoms with Gasteiger partial charge in [-0.15, -0.1) is 24.8 Å². The van der Waals surface area contributed by atoms with E-state index in [1.54, 1.807) is 13.0 Å². The Kier molecular flexibility index (Phi) is 4.09. The Hall–Kier alpha value is -2.20. The van der Waals surface area contributed by atoms with Crippen molar-refractivity contribution in [3.63, 3.8) is 0 Å². The number of benzene rings is 1. The third-order valence-corrected chi connectivity index (χ3v) is 2.94. The molecule has 0 saturated carbocycles. The van der Waals surface area contributed by atoms with E-state index in [0.29, 0.717) is 22.6 Å². The smallest absolute Gasteiger partial charge is 0.406 e. The first-order chi connectivity index (χ1) is 9.85. The van der Waals surface area contributed by atoms with Crippen LogP contribution in [0.5, 0.6) is 5.75 Å². The average molecular weight is 316 g/mol. The molecular formula is C13H9ClF3N3O. The van der Waals surface area contributed by atoms with Gasteiger partial charge in [0.1, 0.15) is 11.8 Å². The molecule has 0 bridgehead atoms. The average Bonchev–Trinajstić information content (AvgIpc) is 2.73. The number of rotatable bonds is 3. The lowest BCUT2D eigenvalue weighted by Gasteiger charge is -2.11. The lowest BCUT2D eigenvalue weighted by Crippen LogP contribution is -2.17. The molecule has 0 N–H and O–H groups in total. The van der Waals surface area contributed by atoms with E-state index in [2.05, 4.69) is 9.84 Å². The summed E-state index contributed by atoms with van der Waals surface area (Å²) in [6.45, 7) is 1.63. The minimum Gasteiger partial charge on any atom is -0.406 e. The lowest BCUT2D eigenvalue weighted by molar-refractivity contribution is -0.274. The molecule has 0 amide bonds. The Labute approximate surface area is 123 Å². The Morgan fingerprint density at radius 1 is 1.43 bits per heavy atom. The minimum absolute atomic E-state index is 0.00802. The number of hydrogen-bond donors (Lipinski definition) is 0. The lowest BCUT2D eigenvalue weighted by atomic mass is 10.2. The Balaban J connectivity index is 2.48. The van der Waals surface area contributed by atoms with Crippen molar-refractivity contribution in [3.05, 3.63) is 41.2 Å². The highest BCUT2D eigenvalue weighted by molar-refractivity contribution is 6.17. The highest BCUT2D eigenvalue weighted by Gasteiger charge is 2.31. The van der Waals surface area contributed by atoms with Crippen LogP contribution in [0.1, 0.15) is 17.0 Å². The third-order valence-electron chi connectivity index (χ3n) is 2.69. The molecule has 0 aliphatic rings. The van der Waals surface area contributed by atoms with Crippen LogP contribution in [-0.2, 0) is 5.88 Å². The first-order valence-corrected chi connectivity index (χ1v) is 6.30. The molecule has 0 aliphatic carbocycles. The molecule has 8 heteroatoms. The maximum Gasteiger partial charge on any atom is 0.573 e. The number of nitriles is 1. The SMILES string of the molecule is Cc1nn(-c2cccc(OC(F)(F)F)c2)c(CCl)c1C#N. The van der Waals surface area contributed by atoms with Gasteiger partial charge in [0.25, 0.3) is 0 Å². The quantitative estimate of drug-likeness (QED) is 0.812. The van der Waals surface area contributed by atoms with Gasteiger partial charge in [-0.1, -0.05) is 6.07 Å². The van der Waals surface area contributed by atoms with Crippen LogP contribution in [0.15, 0.2) is 24.3 Å². The fourth-order valence-electron chi connectivity index (χ4n) is 1.87. The van der Waals surface area contributed by atoms with Crippen molar-refractivity contribution in [1.82, 2.24) is 9.78 Å². The topological polar surface area (TPSA) is 50.8 Å². The first kappa shape index (κ1) is 15.2. The molecule has 2 aromatic rings. The maximum atomic E-state index is 12.2.